The molecule has 1 amide bonds. The van der Waals surface area contributed by atoms with Crippen LogP contribution in [0.5, 0.6) is 0 Å². The Morgan fingerprint density at radius 2 is 2.00 bits per heavy atom. The van der Waals surface area contributed by atoms with Gasteiger partial charge in [-0.05, 0) is 54.7 Å². The van der Waals surface area contributed by atoms with E-state index in [4.69, 9.17) is 0 Å². The van der Waals surface area contributed by atoms with Crippen molar-refractivity contribution < 1.29 is 4.79 Å². The van der Waals surface area contributed by atoms with Gasteiger partial charge in [0.15, 0.2) is 0 Å². The highest BCUT2D eigenvalue weighted by Gasteiger charge is 2.26. The summed E-state index contributed by atoms with van der Waals surface area (Å²) in [6.45, 7) is 7.91. The van der Waals surface area contributed by atoms with Crippen LogP contribution in [-0.4, -0.2) is 49.4 Å². The second-order valence-corrected chi connectivity index (χ2v) is 7.74. The number of amides is 1. The van der Waals surface area contributed by atoms with Gasteiger partial charge in [0.2, 0.25) is 11.1 Å². The van der Waals surface area contributed by atoms with Crippen molar-refractivity contribution in [1.82, 2.24) is 25.1 Å². The van der Waals surface area contributed by atoms with Gasteiger partial charge in [0.25, 0.3) is 0 Å². The topological polar surface area (TPSA) is 63.9 Å². The van der Waals surface area contributed by atoms with Gasteiger partial charge in [-0.15, -0.1) is 5.10 Å². The lowest BCUT2D eigenvalue weighted by atomic mass is 9.99. The number of carbonyl (C=O) groups excluding carboxylic acids is 1. The van der Waals surface area contributed by atoms with Crippen molar-refractivity contribution >= 4 is 17.7 Å². The number of para-hydroxylation sites is 1. The summed E-state index contributed by atoms with van der Waals surface area (Å²) in [5.41, 5.74) is 2.03. The molecule has 0 aliphatic carbocycles. The van der Waals surface area contributed by atoms with Crippen LogP contribution in [0.15, 0.2) is 29.4 Å². The van der Waals surface area contributed by atoms with E-state index in [1.165, 1.54) is 11.8 Å². The van der Waals surface area contributed by atoms with Gasteiger partial charge >= 0.3 is 0 Å². The molecule has 1 atom stereocenters. The Morgan fingerprint density at radius 3 is 2.71 bits per heavy atom. The van der Waals surface area contributed by atoms with Crippen molar-refractivity contribution in [2.24, 2.45) is 5.92 Å². The summed E-state index contributed by atoms with van der Waals surface area (Å²) in [6.07, 6.45) is 2.17. The number of hydrogen-bond acceptors (Lipinski definition) is 5. The second-order valence-electron chi connectivity index (χ2n) is 6.43. The van der Waals surface area contributed by atoms with E-state index in [-0.39, 0.29) is 11.2 Å². The standard InChI is InChI=1S/C17H23N5OS/c1-12-8-10-21(11-9-12)16(23)14(3)24-17-18-19-20-22(17)15-7-5-4-6-13(15)2/h4-7,12,14H,8-11H2,1-3H3/t14-/m0/s1. The minimum atomic E-state index is -0.202. The van der Waals surface area contributed by atoms with Crippen molar-refractivity contribution in [3.05, 3.63) is 29.8 Å². The minimum Gasteiger partial charge on any atom is -0.342 e. The Balaban J connectivity index is 1.72. The molecule has 0 N–H and O–H groups in total. The molecule has 1 fully saturated rings. The number of aromatic nitrogens is 4. The Kier molecular flexibility index (Phi) is 5.18. The molecule has 0 radical (unpaired) electrons. The molecule has 1 aromatic carbocycles. The number of likely N-dealkylation sites (tertiary alicyclic amines) is 1. The Labute approximate surface area is 146 Å². The summed E-state index contributed by atoms with van der Waals surface area (Å²) < 4.78 is 1.71. The van der Waals surface area contributed by atoms with Crippen LogP contribution in [0.25, 0.3) is 5.69 Å². The van der Waals surface area contributed by atoms with E-state index in [2.05, 4.69) is 22.4 Å². The summed E-state index contributed by atoms with van der Waals surface area (Å²) in [6, 6.07) is 7.95. The molecule has 24 heavy (non-hydrogen) atoms. The maximum Gasteiger partial charge on any atom is 0.235 e. The molecule has 6 nitrogen and oxygen atoms in total. The largest absolute Gasteiger partial charge is 0.342 e. The van der Waals surface area contributed by atoms with Gasteiger partial charge in [0, 0.05) is 13.1 Å². The minimum absolute atomic E-state index is 0.172. The molecule has 3 rings (SSSR count). The highest BCUT2D eigenvalue weighted by atomic mass is 32.2. The van der Waals surface area contributed by atoms with E-state index in [1.807, 2.05) is 43.0 Å². The first-order valence-electron chi connectivity index (χ1n) is 8.36. The number of piperidine rings is 1. The maximum absolute atomic E-state index is 12.7. The van der Waals surface area contributed by atoms with Gasteiger partial charge in [-0.1, -0.05) is 36.9 Å². The molecule has 7 heteroatoms. The molecule has 0 unspecified atom stereocenters. The SMILES string of the molecule is Cc1ccccc1-n1nnnc1S[C@@H](C)C(=O)N1CCC(C)CC1. The average molecular weight is 345 g/mol. The smallest absolute Gasteiger partial charge is 0.235 e. The van der Waals surface area contributed by atoms with Crippen molar-refractivity contribution in [3.8, 4) is 5.69 Å². The van der Waals surface area contributed by atoms with Crippen molar-refractivity contribution in [2.45, 2.75) is 44.0 Å². The first-order valence-corrected chi connectivity index (χ1v) is 9.24. The van der Waals surface area contributed by atoms with Crippen LogP contribution in [0.4, 0.5) is 0 Å². The molecule has 2 aromatic rings. The highest BCUT2D eigenvalue weighted by molar-refractivity contribution is 8.00. The third-order valence-electron chi connectivity index (χ3n) is 4.51. The molecule has 128 valence electrons. The number of rotatable bonds is 4. The fourth-order valence-electron chi connectivity index (χ4n) is 2.90. The van der Waals surface area contributed by atoms with Gasteiger partial charge in [-0.3, -0.25) is 4.79 Å². The molecule has 2 heterocycles. The highest BCUT2D eigenvalue weighted by Crippen LogP contribution is 2.26. The number of hydrogen-bond donors (Lipinski definition) is 0. The Hall–Kier alpha value is -1.89. The van der Waals surface area contributed by atoms with Crippen molar-refractivity contribution in [1.29, 1.82) is 0 Å². The molecule has 1 aromatic heterocycles. The van der Waals surface area contributed by atoms with Crippen LogP contribution in [0.3, 0.4) is 0 Å². The van der Waals surface area contributed by atoms with E-state index in [1.54, 1.807) is 4.68 Å². The predicted molar refractivity (Wildman–Crippen MR) is 94.2 cm³/mol. The zero-order valence-corrected chi connectivity index (χ0v) is 15.2. The first kappa shape index (κ1) is 17.0. The molecular formula is C17H23N5OS. The molecular weight excluding hydrogens is 322 g/mol. The second kappa shape index (κ2) is 7.34. The Bertz CT molecular complexity index is 709. The summed E-state index contributed by atoms with van der Waals surface area (Å²) in [5, 5.41) is 12.4. The molecule has 1 aliphatic heterocycles. The first-order chi connectivity index (χ1) is 11.6. The quantitative estimate of drug-likeness (QED) is 0.797. The van der Waals surface area contributed by atoms with Crippen molar-refractivity contribution in [2.75, 3.05) is 13.1 Å². The fraction of sp³-hybridized carbons (Fsp3) is 0.529. The van der Waals surface area contributed by atoms with Gasteiger partial charge in [0.1, 0.15) is 0 Å². The van der Waals surface area contributed by atoms with E-state index in [0.29, 0.717) is 11.1 Å². The monoisotopic (exact) mass is 345 g/mol. The van der Waals surface area contributed by atoms with Gasteiger partial charge in [0.05, 0.1) is 10.9 Å². The van der Waals surface area contributed by atoms with E-state index in [0.717, 1.165) is 37.2 Å². The number of benzene rings is 1. The average Bonchev–Trinajstić information content (AvgIpc) is 3.03. The Morgan fingerprint density at radius 1 is 1.29 bits per heavy atom. The van der Waals surface area contributed by atoms with Crippen molar-refractivity contribution in [3.63, 3.8) is 0 Å². The third-order valence-corrected chi connectivity index (χ3v) is 5.53. The predicted octanol–water partition coefficient (Wildman–Crippen LogP) is 2.71. The number of nitrogens with zero attached hydrogens (tertiary/aromatic N) is 5. The molecule has 0 spiro atoms. The lowest BCUT2D eigenvalue weighted by molar-refractivity contribution is -0.131. The number of tetrazole rings is 1. The van der Waals surface area contributed by atoms with Crippen LogP contribution in [0.2, 0.25) is 0 Å². The van der Waals surface area contributed by atoms with Crippen LogP contribution >= 0.6 is 11.8 Å². The van der Waals surface area contributed by atoms with Crippen LogP contribution in [0, 0.1) is 12.8 Å². The summed E-state index contributed by atoms with van der Waals surface area (Å²) in [4.78, 5) is 14.6. The molecule has 0 saturated carbocycles. The number of thioether (sulfide) groups is 1. The van der Waals surface area contributed by atoms with Gasteiger partial charge in [-0.2, -0.15) is 4.68 Å². The van der Waals surface area contributed by atoms with Crippen LogP contribution in [0.1, 0.15) is 32.3 Å². The lowest BCUT2D eigenvalue weighted by Crippen LogP contribution is -2.41. The fourth-order valence-corrected chi connectivity index (χ4v) is 3.78. The van der Waals surface area contributed by atoms with Gasteiger partial charge < -0.3 is 4.90 Å². The van der Waals surface area contributed by atoms with Crippen LogP contribution in [-0.2, 0) is 4.79 Å². The number of carbonyl (C=O) groups is 1. The zero-order valence-electron chi connectivity index (χ0n) is 14.3. The molecule has 1 saturated heterocycles. The number of aryl methyl sites for hydroxylation is 1. The zero-order chi connectivity index (χ0) is 17.1. The third kappa shape index (κ3) is 3.61. The van der Waals surface area contributed by atoms with E-state index < -0.39 is 0 Å². The summed E-state index contributed by atoms with van der Waals surface area (Å²) in [5.74, 6) is 0.886. The van der Waals surface area contributed by atoms with E-state index >= 15 is 0 Å². The maximum atomic E-state index is 12.7. The summed E-state index contributed by atoms with van der Waals surface area (Å²) in [7, 11) is 0. The van der Waals surface area contributed by atoms with Gasteiger partial charge in [-0.25, -0.2) is 0 Å². The molecule has 1 aliphatic rings. The summed E-state index contributed by atoms with van der Waals surface area (Å²) >= 11 is 1.42. The molecule has 0 bridgehead atoms. The van der Waals surface area contributed by atoms with E-state index in [9.17, 15) is 4.79 Å². The normalized spacial score (nSPS) is 17.0. The lowest BCUT2D eigenvalue weighted by Gasteiger charge is -2.31. The van der Waals surface area contributed by atoms with Crippen LogP contribution < -0.4 is 0 Å².